The lowest BCUT2D eigenvalue weighted by atomic mass is 10.1. The number of aromatic nitrogens is 4. The summed E-state index contributed by atoms with van der Waals surface area (Å²) < 4.78 is 43.5. The standard InChI is InChI=1S/C24H27ClF3N7O2.ClH/c1-34-19(17-13-35(15-6-7-15)33-20(17)24(26,27)28)12-31-21(34)23(37)32-14-5-8-16(18(25)11-14)22(36)30-10-4-2-3-9-29;/h5,8,11-13,15H,2-4,6-7,9-10,29H2,1H3,(H,30,36)(H,32,37);1H. The second-order valence-electron chi connectivity index (χ2n) is 8.88. The minimum atomic E-state index is -4.66. The second-order valence-corrected chi connectivity index (χ2v) is 9.29. The Hall–Kier alpha value is -3.09. The normalized spacial score (nSPS) is 13.2. The third-order valence-corrected chi connectivity index (χ3v) is 6.34. The number of imidazole rings is 1. The fraction of sp³-hybridized carbons (Fsp3) is 0.417. The Morgan fingerprint density at radius 2 is 1.92 bits per heavy atom. The van der Waals surface area contributed by atoms with Crippen LogP contribution in [0.25, 0.3) is 11.3 Å². The fourth-order valence-electron chi connectivity index (χ4n) is 3.89. The van der Waals surface area contributed by atoms with Gasteiger partial charge in [-0.1, -0.05) is 18.0 Å². The van der Waals surface area contributed by atoms with E-state index in [4.69, 9.17) is 17.3 Å². The number of anilines is 1. The third kappa shape index (κ3) is 6.66. The van der Waals surface area contributed by atoms with Gasteiger partial charge in [-0.25, -0.2) is 4.98 Å². The van der Waals surface area contributed by atoms with Gasteiger partial charge in [-0.2, -0.15) is 18.3 Å². The molecule has 1 aliphatic carbocycles. The molecule has 0 bridgehead atoms. The minimum Gasteiger partial charge on any atom is -0.352 e. The van der Waals surface area contributed by atoms with E-state index >= 15 is 0 Å². The van der Waals surface area contributed by atoms with Crippen LogP contribution >= 0.6 is 24.0 Å². The number of rotatable bonds is 10. The van der Waals surface area contributed by atoms with Crippen LogP contribution in [0.3, 0.4) is 0 Å². The van der Waals surface area contributed by atoms with Gasteiger partial charge in [0.05, 0.1) is 34.1 Å². The van der Waals surface area contributed by atoms with Crippen molar-refractivity contribution in [3.8, 4) is 11.3 Å². The molecule has 3 aromatic rings. The zero-order valence-corrected chi connectivity index (χ0v) is 22.1. The van der Waals surface area contributed by atoms with Gasteiger partial charge in [-0.15, -0.1) is 12.4 Å². The van der Waals surface area contributed by atoms with Gasteiger partial charge in [0.15, 0.2) is 11.5 Å². The van der Waals surface area contributed by atoms with Gasteiger partial charge in [-0.3, -0.25) is 14.3 Å². The number of hydrogen-bond acceptors (Lipinski definition) is 5. The van der Waals surface area contributed by atoms with Crippen molar-refractivity contribution in [2.45, 2.75) is 44.3 Å². The molecule has 2 aromatic heterocycles. The van der Waals surface area contributed by atoms with E-state index in [1.54, 1.807) is 0 Å². The van der Waals surface area contributed by atoms with E-state index in [1.165, 1.54) is 46.9 Å². The van der Waals surface area contributed by atoms with E-state index in [0.717, 1.165) is 32.1 Å². The summed E-state index contributed by atoms with van der Waals surface area (Å²) in [6.07, 6.45) is 2.04. The summed E-state index contributed by atoms with van der Waals surface area (Å²) in [6.45, 7) is 1.09. The average molecular weight is 574 g/mol. The van der Waals surface area contributed by atoms with E-state index in [1.807, 2.05) is 0 Å². The molecule has 2 amide bonds. The number of carbonyl (C=O) groups excluding carboxylic acids is 2. The fourth-order valence-corrected chi connectivity index (χ4v) is 4.16. The molecule has 4 N–H and O–H groups in total. The molecule has 0 aliphatic heterocycles. The highest BCUT2D eigenvalue weighted by molar-refractivity contribution is 6.34. The van der Waals surface area contributed by atoms with Gasteiger partial charge >= 0.3 is 6.18 Å². The summed E-state index contributed by atoms with van der Waals surface area (Å²) in [4.78, 5) is 29.3. The Kier molecular flexibility index (Phi) is 9.45. The highest BCUT2D eigenvalue weighted by atomic mass is 35.5. The van der Waals surface area contributed by atoms with Crippen LogP contribution in [0.2, 0.25) is 5.02 Å². The summed E-state index contributed by atoms with van der Waals surface area (Å²) in [6, 6.07) is 4.38. The van der Waals surface area contributed by atoms with E-state index in [9.17, 15) is 22.8 Å². The molecule has 0 saturated heterocycles. The summed E-state index contributed by atoms with van der Waals surface area (Å²) in [7, 11) is 1.46. The predicted molar refractivity (Wildman–Crippen MR) is 140 cm³/mol. The van der Waals surface area contributed by atoms with Crippen LogP contribution in [-0.2, 0) is 13.2 Å². The molecule has 206 valence electrons. The monoisotopic (exact) mass is 573 g/mol. The predicted octanol–water partition coefficient (Wildman–Crippen LogP) is 4.82. The number of amides is 2. The lowest BCUT2D eigenvalue weighted by Gasteiger charge is -2.10. The van der Waals surface area contributed by atoms with Crippen LogP contribution in [0.5, 0.6) is 0 Å². The molecule has 4 rings (SSSR count). The Balaban J connectivity index is 0.00000400. The molecule has 14 heteroatoms. The first kappa shape index (κ1) is 29.5. The highest BCUT2D eigenvalue weighted by Crippen LogP contribution is 2.41. The number of nitrogens with zero attached hydrogens (tertiary/aromatic N) is 4. The number of hydrogen-bond donors (Lipinski definition) is 3. The van der Waals surface area contributed by atoms with Gasteiger partial charge in [-0.05, 0) is 50.4 Å². The second kappa shape index (κ2) is 12.2. The molecule has 0 radical (unpaired) electrons. The van der Waals surface area contributed by atoms with Crippen molar-refractivity contribution in [3.05, 3.63) is 52.7 Å². The Bertz CT molecular complexity index is 1300. The number of unbranched alkanes of at least 4 members (excludes halogenated alkanes) is 2. The van der Waals surface area contributed by atoms with E-state index < -0.39 is 17.8 Å². The molecule has 1 aromatic carbocycles. The molecule has 38 heavy (non-hydrogen) atoms. The molecule has 0 spiro atoms. The molecule has 0 unspecified atom stereocenters. The number of carbonyl (C=O) groups is 2. The third-order valence-electron chi connectivity index (χ3n) is 6.03. The van der Waals surface area contributed by atoms with Crippen LogP contribution in [0.4, 0.5) is 18.9 Å². The molecular formula is C24H28Cl2F3N7O2. The van der Waals surface area contributed by atoms with Crippen LogP contribution in [0, 0.1) is 0 Å². The first-order chi connectivity index (χ1) is 17.6. The van der Waals surface area contributed by atoms with Gasteiger partial charge in [0, 0.05) is 25.5 Å². The maximum Gasteiger partial charge on any atom is 0.435 e. The lowest BCUT2D eigenvalue weighted by Crippen LogP contribution is -2.25. The van der Waals surface area contributed by atoms with Gasteiger partial charge in [0.2, 0.25) is 0 Å². The highest BCUT2D eigenvalue weighted by Gasteiger charge is 2.40. The smallest absolute Gasteiger partial charge is 0.352 e. The molecule has 1 aliphatic rings. The maximum absolute atomic E-state index is 13.6. The summed E-state index contributed by atoms with van der Waals surface area (Å²) in [5.74, 6) is -1.08. The van der Waals surface area contributed by atoms with Crippen molar-refractivity contribution in [2.24, 2.45) is 12.8 Å². The van der Waals surface area contributed by atoms with Crippen LogP contribution in [-0.4, -0.2) is 44.2 Å². The average Bonchev–Trinajstić information content (AvgIpc) is 3.46. The van der Waals surface area contributed by atoms with Crippen molar-refractivity contribution in [1.82, 2.24) is 24.6 Å². The number of alkyl halides is 3. The Morgan fingerprint density at radius 1 is 1.18 bits per heavy atom. The first-order valence-corrected chi connectivity index (χ1v) is 12.3. The summed E-state index contributed by atoms with van der Waals surface area (Å²) in [5, 5.41) is 9.29. The number of benzene rings is 1. The van der Waals surface area contributed by atoms with Crippen molar-refractivity contribution in [3.63, 3.8) is 0 Å². The van der Waals surface area contributed by atoms with E-state index in [0.29, 0.717) is 18.8 Å². The van der Waals surface area contributed by atoms with E-state index in [-0.39, 0.29) is 52.0 Å². The van der Waals surface area contributed by atoms with Crippen LogP contribution in [0.15, 0.2) is 30.6 Å². The number of halogens is 5. The Labute approximate surface area is 228 Å². The van der Waals surface area contributed by atoms with Crippen LogP contribution in [0.1, 0.15) is 64.8 Å². The van der Waals surface area contributed by atoms with Crippen molar-refractivity contribution in [2.75, 3.05) is 18.4 Å². The quantitative estimate of drug-likeness (QED) is 0.300. The SMILES string of the molecule is Cl.Cn1c(-c2cn(C3CC3)nc2C(F)(F)F)cnc1C(=O)Nc1ccc(C(=O)NCCCCCN)c(Cl)c1. The van der Waals surface area contributed by atoms with Crippen LogP contribution < -0.4 is 16.4 Å². The summed E-state index contributed by atoms with van der Waals surface area (Å²) >= 11 is 6.26. The molecule has 1 saturated carbocycles. The van der Waals surface area contributed by atoms with E-state index in [2.05, 4.69) is 20.7 Å². The molecular weight excluding hydrogens is 546 g/mol. The Morgan fingerprint density at radius 3 is 2.55 bits per heavy atom. The maximum atomic E-state index is 13.6. The summed E-state index contributed by atoms with van der Waals surface area (Å²) in [5.41, 5.74) is 4.96. The van der Waals surface area contributed by atoms with Crippen molar-refractivity contribution in [1.29, 1.82) is 0 Å². The van der Waals surface area contributed by atoms with Gasteiger partial charge < -0.3 is 20.9 Å². The zero-order chi connectivity index (χ0) is 26.7. The number of nitrogens with one attached hydrogen (secondary N) is 2. The van der Waals surface area contributed by atoms with Gasteiger partial charge in [0.1, 0.15) is 0 Å². The van der Waals surface area contributed by atoms with Gasteiger partial charge in [0.25, 0.3) is 11.8 Å². The minimum absolute atomic E-state index is 0. The molecule has 0 atom stereocenters. The zero-order valence-electron chi connectivity index (χ0n) is 20.5. The topological polar surface area (TPSA) is 120 Å². The van der Waals surface area contributed by atoms with Crippen molar-refractivity contribution < 1.29 is 22.8 Å². The lowest BCUT2D eigenvalue weighted by molar-refractivity contribution is -0.141. The first-order valence-electron chi connectivity index (χ1n) is 11.9. The van der Waals surface area contributed by atoms with Crippen molar-refractivity contribution >= 4 is 41.5 Å². The molecule has 9 nitrogen and oxygen atoms in total. The molecule has 1 fully saturated rings. The number of nitrogens with two attached hydrogens (primary N) is 1. The molecule has 2 heterocycles. The largest absolute Gasteiger partial charge is 0.435 e.